The highest BCUT2D eigenvalue weighted by Crippen LogP contribution is 2.38. The number of thiophene rings is 1. The summed E-state index contributed by atoms with van der Waals surface area (Å²) < 4.78 is 0. The lowest BCUT2D eigenvalue weighted by molar-refractivity contribution is 0.0690. The zero-order valence-electron chi connectivity index (χ0n) is 14.6. The summed E-state index contributed by atoms with van der Waals surface area (Å²) in [5, 5.41) is 2.12. The minimum absolute atomic E-state index is 0.0704. The maximum Gasteiger partial charge on any atom is 0.274 e. The second-order valence-electron chi connectivity index (χ2n) is 6.60. The lowest BCUT2D eigenvalue weighted by Crippen LogP contribution is -2.40. The fraction of sp³-hybridized carbons (Fsp3) is 0.136. The number of amides is 1. The molecule has 0 aliphatic carbocycles. The highest BCUT2D eigenvalue weighted by atomic mass is 32.1. The first kappa shape index (κ1) is 16.1. The van der Waals surface area contributed by atoms with Crippen LogP contribution in [-0.2, 0) is 6.42 Å². The van der Waals surface area contributed by atoms with Crippen LogP contribution >= 0.6 is 11.3 Å². The topological polar surface area (TPSA) is 46.1 Å². The Bertz CT molecular complexity index is 1120. The van der Waals surface area contributed by atoms with Crippen LogP contribution in [0.25, 0.3) is 11.0 Å². The fourth-order valence-electron chi connectivity index (χ4n) is 3.74. The number of para-hydroxylation sites is 2. The average Bonchev–Trinajstić information content (AvgIpc) is 3.21. The Balaban J connectivity index is 1.58. The van der Waals surface area contributed by atoms with E-state index in [9.17, 15) is 4.79 Å². The lowest BCUT2D eigenvalue weighted by atomic mass is 9.93. The smallest absolute Gasteiger partial charge is 0.274 e. The summed E-state index contributed by atoms with van der Waals surface area (Å²) >= 11 is 1.77. The van der Waals surface area contributed by atoms with Gasteiger partial charge in [-0.15, -0.1) is 11.3 Å². The predicted octanol–water partition coefficient (Wildman–Crippen LogP) is 4.48. The van der Waals surface area contributed by atoms with Crippen LogP contribution in [0.3, 0.4) is 0 Å². The van der Waals surface area contributed by atoms with Crippen LogP contribution in [0.4, 0.5) is 0 Å². The minimum Gasteiger partial charge on any atom is -0.326 e. The second-order valence-corrected chi connectivity index (χ2v) is 7.61. The van der Waals surface area contributed by atoms with E-state index in [4.69, 9.17) is 0 Å². The maximum absolute atomic E-state index is 13.4. The molecule has 0 bridgehead atoms. The molecule has 1 amide bonds. The van der Waals surface area contributed by atoms with E-state index in [-0.39, 0.29) is 11.9 Å². The monoisotopic (exact) mass is 371 g/mol. The Morgan fingerprint density at radius 2 is 1.78 bits per heavy atom. The molecule has 0 saturated heterocycles. The Labute approximate surface area is 161 Å². The number of nitrogens with zero attached hydrogens (tertiary/aromatic N) is 3. The van der Waals surface area contributed by atoms with Gasteiger partial charge in [0.15, 0.2) is 0 Å². The van der Waals surface area contributed by atoms with Crippen molar-refractivity contribution >= 4 is 28.3 Å². The van der Waals surface area contributed by atoms with Crippen LogP contribution < -0.4 is 0 Å². The number of hydrogen-bond acceptors (Lipinski definition) is 4. The van der Waals surface area contributed by atoms with Gasteiger partial charge < -0.3 is 4.90 Å². The van der Waals surface area contributed by atoms with E-state index in [0.29, 0.717) is 12.2 Å². The van der Waals surface area contributed by atoms with Crippen LogP contribution in [-0.4, -0.2) is 27.3 Å². The van der Waals surface area contributed by atoms with Gasteiger partial charge in [-0.05, 0) is 41.1 Å². The molecule has 0 fully saturated rings. The molecule has 0 N–H and O–H groups in total. The summed E-state index contributed by atoms with van der Waals surface area (Å²) in [4.78, 5) is 25.7. The van der Waals surface area contributed by atoms with Gasteiger partial charge in [-0.25, -0.2) is 4.98 Å². The van der Waals surface area contributed by atoms with Crippen molar-refractivity contribution in [3.63, 3.8) is 0 Å². The first-order chi connectivity index (χ1) is 13.3. The van der Waals surface area contributed by atoms with E-state index in [1.54, 1.807) is 17.5 Å². The van der Waals surface area contributed by atoms with Gasteiger partial charge >= 0.3 is 0 Å². The van der Waals surface area contributed by atoms with Crippen molar-refractivity contribution in [1.82, 2.24) is 14.9 Å². The van der Waals surface area contributed by atoms with Crippen LogP contribution in [0.1, 0.15) is 32.5 Å². The van der Waals surface area contributed by atoms with Gasteiger partial charge in [-0.1, -0.05) is 42.5 Å². The Morgan fingerprint density at radius 3 is 2.63 bits per heavy atom. The molecule has 2 aromatic heterocycles. The Kier molecular flexibility index (Phi) is 3.94. The molecule has 5 rings (SSSR count). The number of carbonyl (C=O) groups excluding carboxylic acids is 1. The number of benzene rings is 2. The van der Waals surface area contributed by atoms with E-state index in [0.717, 1.165) is 23.0 Å². The summed E-state index contributed by atoms with van der Waals surface area (Å²) in [5.74, 6) is -0.0704. The fourth-order valence-corrected chi connectivity index (χ4v) is 4.64. The third-order valence-electron chi connectivity index (χ3n) is 5.01. The third kappa shape index (κ3) is 2.80. The van der Waals surface area contributed by atoms with Gasteiger partial charge in [0.05, 0.1) is 23.3 Å². The van der Waals surface area contributed by atoms with Crippen LogP contribution in [0.2, 0.25) is 0 Å². The number of carbonyl (C=O) groups is 1. The summed E-state index contributed by atoms with van der Waals surface area (Å²) in [7, 11) is 0. The second kappa shape index (κ2) is 6.59. The molecule has 0 radical (unpaired) electrons. The van der Waals surface area contributed by atoms with Gasteiger partial charge in [0.2, 0.25) is 0 Å². The van der Waals surface area contributed by atoms with Crippen molar-refractivity contribution in [2.75, 3.05) is 6.54 Å². The van der Waals surface area contributed by atoms with Crippen LogP contribution in [0, 0.1) is 0 Å². The standard InChI is InChI=1S/C22H17N3OS/c26-22(19-14-23-17-8-4-5-9-18(17)24-19)25-12-10-20-16(11-13-27-20)21(25)15-6-2-1-3-7-15/h1-9,11,13-14,21H,10,12H2. The molecule has 2 aromatic carbocycles. The van der Waals surface area contributed by atoms with Gasteiger partial charge in [0.25, 0.3) is 5.91 Å². The zero-order valence-corrected chi connectivity index (χ0v) is 15.4. The maximum atomic E-state index is 13.4. The van der Waals surface area contributed by atoms with Crippen molar-refractivity contribution in [2.24, 2.45) is 0 Å². The van der Waals surface area contributed by atoms with Crippen molar-refractivity contribution < 1.29 is 4.79 Å². The lowest BCUT2D eigenvalue weighted by Gasteiger charge is -2.36. The van der Waals surface area contributed by atoms with Gasteiger partial charge in [0, 0.05) is 11.4 Å². The van der Waals surface area contributed by atoms with Gasteiger partial charge in [-0.2, -0.15) is 0 Å². The largest absolute Gasteiger partial charge is 0.326 e. The van der Waals surface area contributed by atoms with E-state index < -0.39 is 0 Å². The first-order valence-electron chi connectivity index (χ1n) is 8.95. The zero-order chi connectivity index (χ0) is 18.2. The molecule has 1 aliphatic heterocycles. The van der Waals surface area contributed by atoms with Crippen LogP contribution in [0.15, 0.2) is 72.2 Å². The average molecular weight is 371 g/mol. The number of hydrogen-bond donors (Lipinski definition) is 0. The van der Waals surface area contributed by atoms with E-state index >= 15 is 0 Å². The minimum atomic E-state index is -0.0815. The number of fused-ring (bicyclic) bond motifs is 2. The molecule has 4 nitrogen and oxygen atoms in total. The van der Waals surface area contributed by atoms with Gasteiger partial charge in [-0.3, -0.25) is 9.78 Å². The number of aromatic nitrogens is 2. The summed E-state index contributed by atoms with van der Waals surface area (Å²) in [6, 6.07) is 19.9. The summed E-state index contributed by atoms with van der Waals surface area (Å²) in [6.45, 7) is 0.681. The molecule has 132 valence electrons. The normalized spacial score (nSPS) is 16.3. The first-order valence-corrected chi connectivity index (χ1v) is 9.83. The van der Waals surface area contributed by atoms with E-state index in [1.807, 2.05) is 47.4 Å². The summed E-state index contributed by atoms with van der Waals surface area (Å²) in [6.07, 6.45) is 2.47. The van der Waals surface area contributed by atoms with Gasteiger partial charge in [0.1, 0.15) is 5.69 Å². The molecule has 27 heavy (non-hydrogen) atoms. The van der Waals surface area contributed by atoms with E-state index in [1.165, 1.54) is 10.4 Å². The number of rotatable bonds is 2. The highest BCUT2D eigenvalue weighted by molar-refractivity contribution is 7.10. The van der Waals surface area contributed by atoms with Crippen LogP contribution in [0.5, 0.6) is 0 Å². The Hall–Kier alpha value is -3.05. The molecular formula is C22H17N3OS. The SMILES string of the molecule is O=C(c1cnc2ccccc2n1)N1CCc2sccc2C1c1ccccc1. The summed E-state index contributed by atoms with van der Waals surface area (Å²) in [5.41, 5.74) is 4.28. The molecule has 0 spiro atoms. The molecule has 1 unspecified atom stereocenters. The molecular weight excluding hydrogens is 354 g/mol. The highest BCUT2D eigenvalue weighted by Gasteiger charge is 2.33. The van der Waals surface area contributed by atoms with Crippen molar-refractivity contribution in [3.05, 3.63) is 93.9 Å². The molecule has 1 atom stereocenters. The van der Waals surface area contributed by atoms with E-state index in [2.05, 4.69) is 33.5 Å². The van der Waals surface area contributed by atoms with Crippen molar-refractivity contribution in [2.45, 2.75) is 12.5 Å². The molecule has 3 heterocycles. The molecule has 1 aliphatic rings. The molecule has 4 aromatic rings. The third-order valence-corrected chi connectivity index (χ3v) is 6.01. The predicted molar refractivity (Wildman–Crippen MR) is 107 cm³/mol. The van der Waals surface area contributed by atoms with Crippen molar-refractivity contribution in [3.8, 4) is 0 Å². The molecule has 0 saturated carbocycles. The molecule has 5 heteroatoms. The van der Waals surface area contributed by atoms with Crippen molar-refractivity contribution in [1.29, 1.82) is 0 Å². The quantitative estimate of drug-likeness (QED) is 0.522. The Morgan fingerprint density at radius 1 is 1.00 bits per heavy atom.